The molecule has 0 spiro atoms. The number of carbonyl (C=O) groups excluding carboxylic acids is 1. The standard InChI is InChI=1S/C25H19BrClFN4O3S2/c26-20-6-5-17(12-21(20)27)23(33)32-9-10-37(34,35)25(28,14-32)24-30-13-18(36-24)11-16-3-1-2-4-19(16)22-7-8-29-15-31-22/h1-8,12-13,15H,9-11,14H2. The van der Waals surface area contributed by atoms with E-state index in [-0.39, 0.29) is 17.1 Å². The van der Waals surface area contributed by atoms with Crippen LogP contribution in [0.5, 0.6) is 0 Å². The van der Waals surface area contributed by atoms with Gasteiger partial charge in [0.2, 0.25) is 0 Å². The molecule has 1 saturated heterocycles. The first-order valence-electron chi connectivity index (χ1n) is 11.1. The van der Waals surface area contributed by atoms with Crippen LogP contribution in [0.3, 0.4) is 0 Å². The van der Waals surface area contributed by atoms with Crippen molar-refractivity contribution >= 4 is 54.6 Å². The van der Waals surface area contributed by atoms with Crippen LogP contribution in [0.2, 0.25) is 5.02 Å². The van der Waals surface area contributed by atoms with Crippen LogP contribution in [0.25, 0.3) is 11.3 Å². The van der Waals surface area contributed by atoms with Gasteiger partial charge in [0.1, 0.15) is 11.3 Å². The molecule has 1 amide bonds. The van der Waals surface area contributed by atoms with Gasteiger partial charge in [0.15, 0.2) is 9.84 Å². The highest BCUT2D eigenvalue weighted by Crippen LogP contribution is 2.40. The lowest BCUT2D eigenvalue weighted by molar-refractivity contribution is 0.0666. The quantitative estimate of drug-likeness (QED) is 0.300. The minimum atomic E-state index is -4.21. The monoisotopic (exact) mass is 620 g/mol. The average molecular weight is 622 g/mol. The predicted molar refractivity (Wildman–Crippen MR) is 144 cm³/mol. The number of hydrogen-bond donors (Lipinski definition) is 0. The Morgan fingerprint density at radius 2 is 2.00 bits per heavy atom. The van der Waals surface area contributed by atoms with E-state index in [1.54, 1.807) is 24.4 Å². The Labute approximate surface area is 230 Å². The molecular formula is C25H19BrClFN4O3S2. The molecule has 1 aliphatic rings. The van der Waals surface area contributed by atoms with Crippen LogP contribution in [0.15, 0.2) is 71.7 Å². The van der Waals surface area contributed by atoms with Crippen LogP contribution in [-0.4, -0.2) is 53.0 Å². The summed E-state index contributed by atoms with van der Waals surface area (Å²) < 4.78 is 42.8. The lowest BCUT2D eigenvalue weighted by Crippen LogP contribution is -2.53. The SMILES string of the molecule is O=C(c1ccc(Br)c(Cl)c1)N1CCS(=O)(=O)C(F)(c2ncc(Cc3ccccc3-c3ccncn3)s2)C1. The van der Waals surface area contributed by atoms with E-state index in [0.717, 1.165) is 28.2 Å². The lowest BCUT2D eigenvalue weighted by atomic mass is 10.0. The number of rotatable bonds is 5. The molecule has 0 radical (unpaired) electrons. The molecule has 12 heteroatoms. The molecule has 4 aromatic rings. The molecular weight excluding hydrogens is 603 g/mol. The van der Waals surface area contributed by atoms with Crippen molar-refractivity contribution in [2.24, 2.45) is 0 Å². The number of sulfone groups is 1. The Kier molecular flexibility index (Phi) is 7.14. The van der Waals surface area contributed by atoms with E-state index < -0.39 is 33.0 Å². The van der Waals surface area contributed by atoms with E-state index in [0.29, 0.717) is 20.8 Å². The zero-order valence-corrected chi connectivity index (χ0v) is 23.1. The molecule has 7 nitrogen and oxygen atoms in total. The van der Waals surface area contributed by atoms with Gasteiger partial charge in [0.05, 0.1) is 23.0 Å². The van der Waals surface area contributed by atoms with Crippen molar-refractivity contribution < 1.29 is 17.6 Å². The van der Waals surface area contributed by atoms with Gasteiger partial charge in [-0.15, -0.1) is 11.3 Å². The van der Waals surface area contributed by atoms with Crippen molar-refractivity contribution in [1.29, 1.82) is 0 Å². The Morgan fingerprint density at radius 3 is 2.76 bits per heavy atom. The summed E-state index contributed by atoms with van der Waals surface area (Å²) in [4.78, 5) is 27.4. The Morgan fingerprint density at radius 1 is 1.19 bits per heavy atom. The van der Waals surface area contributed by atoms with E-state index in [1.165, 1.54) is 23.5 Å². The van der Waals surface area contributed by atoms with Gasteiger partial charge in [-0.05, 0) is 45.8 Å². The summed E-state index contributed by atoms with van der Waals surface area (Å²) in [7, 11) is -4.21. The molecule has 0 N–H and O–H groups in total. The van der Waals surface area contributed by atoms with E-state index in [9.17, 15) is 13.2 Å². The predicted octanol–water partition coefficient (Wildman–Crippen LogP) is 5.30. The minimum Gasteiger partial charge on any atom is -0.333 e. The Bertz CT molecular complexity index is 1590. The van der Waals surface area contributed by atoms with Crippen LogP contribution >= 0.6 is 38.9 Å². The van der Waals surface area contributed by atoms with Gasteiger partial charge in [-0.3, -0.25) is 4.79 Å². The van der Waals surface area contributed by atoms with Gasteiger partial charge in [-0.2, -0.15) is 0 Å². The number of carbonyl (C=O) groups is 1. The molecule has 2 aromatic carbocycles. The molecule has 37 heavy (non-hydrogen) atoms. The molecule has 0 aliphatic carbocycles. The highest BCUT2D eigenvalue weighted by atomic mass is 79.9. The molecule has 0 saturated carbocycles. The second-order valence-electron chi connectivity index (χ2n) is 8.46. The molecule has 190 valence electrons. The zero-order chi connectivity index (χ0) is 26.2. The van der Waals surface area contributed by atoms with Crippen LogP contribution < -0.4 is 0 Å². The molecule has 1 aliphatic heterocycles. The van der Waals surface area contributed by atoms with E-state index in [1.807, 2.05) is 24.3 Å². The summed E-state index contributed by atoms with van der Waals surface area (Å²) in [6, 6.07) is 14.1. The summed E-state index contributed by atoms with van der Waals surface area (Å²) in [5.41, 5.74) is 2.81. The summed E-state index contributed by atoms with van der Waals surface area (Å²) >= 11 is 10.4. The van der Waals surface area contributed by atoms with Crippen LogP contribution in [0.4, 0.5) is 4.39 Å². The minimum absolute atomic E-state index is 0.120. The Hall–Kier alpha value is -2.73. The maximum absolute atomic E-state index is 16.4. The number of amides is 1. The maximum atomic E-state index is 16.4. The third kappa shape index (κ3) is 5.05. The molecule has 2 aromatic heterocycles. The second kappa shape index (κ2) is 10.2. The molecule has 0 bridgehead atoms. The van der Waals surface area contributed by atoms with Crippen molar-refractivity contribution in [2.45, 2.75) is 11.4 Å². The fourth-order valence-corrected chi connectivity index (χ4v) is 7.42. The maximum Gasteiger partial charge on any atom is 0.278 e. The number of aromatic nitrogens is 3. The molecule has 5 rings (SSSR count). The van der Waals surface area contributed by atoms with Crippen molar-refractivity contribution in [1.82, 2.24) is 19.9 Å². The smallest absolute Gasteiger partial charge is 0.278 e. The zero-order valence-electron chi connectivity index (χ0n) is 19.1. The van der Waals surface area contributed by atoms with Gasteiger partial charge in [0.25, 0.3) is 10.9 Å². The third-order valence-electron chi connectivity index (χ3n) is 6.08. The van der Waals surface area contributed by atoms with Crippen molar-refractivity contribution in [3.63, 3.8) is 0 Å². The van der Waals surface area contributed by atoms with Crippen molar-refractivity contribution in [2.75, 3.05) is 18.8 Å². The molecule has 3 heterocycles. The third-order valence-corrected chi connectivity index (χ3v) is 10.6. The first kappa shape index (κ1) is 25.9. The molecule has 1 fully saturated rings. The van der Waals surface area contributed by atoms with Gasteiger partial charge in [0, 0.05) is 45.8 Å². The second-order valence-corrected chi connectivity index (χ2v) is 13.1. The average Bonchev–Trinajstić information content (AvgIpc) is 3.37. The summed E-state index contributed by atoms with van der Waals surface area (Å²) in [5, 5.41) is -2.67. The van der Waals surface area contributed by atoms with Gasteiger partial charge >= 0.3 is 0 Å². The van der Waals surface area contributed by atoms with Crippen molar-refractivity contribution in [3.8, 4) is 11.3 Å². The fourth-order valence-electron chi connectivity index (χ4n) is 4.12. The van der Waals surface area contributed by atoms with Gasteiger partial charge in [-0.25, -0.2) is 27.8 Å². The largest absolute Gasteiger partial charge is 0.333 e. The first-order valence-corrected chi connectivity index (χ1v) is 14.8. The topological polar surface area (TPSA) is 93.1 Å². The molecule has 1 unspecified atom stereocenters. The molecule has 1 atom stereocenters. The lowest BCUT2D eigenvalue weighted by Gasteiger charge is -2.35. The summed E-state index contributed by atoms with van der Waals surface area (Å²) in [5.74, 6) is -1.01. The van der Waals surface area contributed by atoms with E-state index >= 15 is 4.39 Å². The van der Waals surface area contributed by atoms with Gasteiger partial charge < -0.3 is 4.90 Å². The fraction of sp³-hybridized carbons (Fsp3) is 0.200. The first-order chi connectivity index (χ1) is 17.7. The summed E-state index contributed by atoms with van der Waals surface area (Å²) in [6.45, 7) is -0.766. The van der Waals surface area contributed by atoms with Gasteiger partial charge in [-0.1, -0.05) is 35.9 Å². The van der Waals surface area contributed by atoms with Crippen LogP contribution in [0, 0.1) is 0 Å². The number of benzene rings is 2. The summed E-state index contributed by atoms with van der Waals surface area (Å²) in [6.07, 6.45) is 5.02. The number of nitrogens with zero attached hydrogens (tertiary/aromatic N) is 4. The van der Waals surface area contributed by atoms with E-state index in [2.05, 4.69) is 30.9 Å². The van der Waals surface area contributed by atoms with Crippen LogP contribution in [0.1, 0.15) is 25.8 Å². The number of hydrogen-bond acceptors (Lipinski definition) is 7. The normalized spacial score (nSPS) is 19.1. The van der Waals surface area contributed by atoms with Crippen LogP contribution in [-0.2, 0) is 21.3 Å². The number of alkyl halides is 1. The van der Waals surface area contributed by atoms with Crippen molar-refractivity contribution in [3.05, 3.63) is 97.8 Å². The van der Waals surface area contributed by atoms with E-state index in [4.69, 9.17) is 11.6 Å². The Balaban J connectivity index is 1.42. The highest BCUT2D eigenvalue weighted by molar-refractivity contribution is 9.10. The number of thiazole rings is 1. The highest BCUT2D eigenvalue weighted by Gasteiger charge is 2.53. The number of halogens is 3.